The number of methoxy groups -OCH3 is 2. The molecule has 4 aromatic carbocycles. The first-order valence-electron chi connectivity index (χ1n) is 12.8. The van der Waals surface area contributed by atoms with Crippen molar-refractivity contribution in [3.8, 4) is 11.5 Å². The van der Waals surface area contributed by atoms with Crippen LogP contribution in [0.25, 0.3) is 5.31 Å². The molecule has 0 saturated carbocycles. The third kappa shape index (κ3) is 6.63. The van der Waals surface area contributed by atoms with Crippen LogP contribution >= 0.6 is 17.2 Å². The maximum absolute atomic E-state index is 5.83. The molecule has 0 heterocycles. The maximum Gasteiger partial charge on any atom is 0.128 e. The molecule has 0 radical (unpaired) electrons. The highest BCUT2D eigenvalue weighted by Crippen LogP contribution is 2.43. The van der Waals surface area contributed by atoms with Gasteiger partial charge in [0.2, 0.25) is 0 Å². The van der Waals surface area contributed by atoms with Gasteiger partial charge in [-0.1, -0.05) is 124 Å². The molecule has 0 N–H and O–H groups in total. The van der Waals surface area contributed by atoms with Gasteiger partial charge in [0.05, 0.1) is 25.7 Å². The number of para-hydroxylation sites is 2. The zero-order valence-electron chi connectivity index (χ0n) is 22.0. The maximum atomic E-state index is 5.83. The number of allylic oxidation sites excluding steroid dienone is 2. The first-order valence-corrected chi connectivity index (χ1v) is 14.8. The molecular weight excluding hydrogens is 516 g/mol. The van der Waals surface area contributed by atoms with Gasteiger partial charge in [0, 0.05) is 11.1 Å². The molecule has 0 aliphatic heterocycles. The summed E-state index contributed by atoms with van der Waals surface area (Å²) < 4.78 is 11.6. The fourth-order valence-electron chi connectivity index (χ4n) is 4.49. The van der Waals surface area contributed by atoms with E-state index in [-0.39, 0.29) is 6.04 Å². The summed E-state index contributed by atoms with van der Waals surface area (Å²) in [6.45, 7) is 0. The standard InChI is InChI=1S/C34H31NO2P2/c1-36-31-23-13-10-20-28(31)33(38-25-15-5-3-6-16-25)27-19-9-12-22-30(27)35-34(39-26-17-7-4-8-18-26)29-21-11-14-24-32(29)37-2/h3-24,30,38-39H,1-2H3. The Bertz CT molecular complexity index is 1530. The van der Waals surface area contributed by atoms with E-state index in [4.69, 9.17) is 14.5 Å². The molecule has 0 aromatic heterocycles. The van der Waals surface area contributed by atoms with E-state index < -0.39 is 0 Å². The molecular formula is C34H31NO2P2. The fourth-order valence-corrected chi connectivity index (χ4v) is 7.04. The Morgan fingerprint density at radius 3 is 1.79 bits per heavy atom. The average molecular weight is 548 g/mol. The van der Waals surface area contributed by atoms with E-state index >= 15 is 0 Å². The van der Waals surface area contributed by atoms with Crippen molar-refractivity contribution in [2.75, 3.05) is 14.2 Å². The van der Waals surface area contributed by atoms with Crippen molar-refractivity contribution in [3.05, 3.63) is 150 Å². The Labute approximate surface area is 234 Å². The normalized spacial score (nSPS) is 16.8. The molecule has 5 rings (SSSR count). The molecule has 3 nitrogen and oxygen atoms in total. The monoisotopic (exact) mass is 547 g/mol. The molecule has 0 bridgehead atoms. The highest BCUT2D eigenvalue weighted by molar-refractivity contribution is 7.66. The second-order valence-corrected chi connectivity index (χ2v) is 11.5. The Hall–Kier alpha value is -3.77. The summed E-state index contributed by atoms with van der Waals surface area (Å²) in [6, 6.07) is 37.4. The van der Waals surface area contributed by atoms with Crippen molar-refractivity contribution in [2.45, 2.75) is 6.04 Å². The van der Waals surface area contributed by atoms with Crippen LogP contribution < -0.4 is 20.1 Å². The van der Waals surface area contributed by atoms with Gasteiger partial charge in [-0.3, -0.25) is 4.99 Å². The first kappa shape index (κ1) is 26.8. The largest absolute Gasteiger partial charge is 0.496 e. The van der Waals surface area contributed by atoms with Gasteiger partial charge in [0.1, 0.15) is 11.5 Å². The van der Waals surface area contributed by atoms with Crippen molar-refractivity contribution >= 4 is 38.5 Å². The van der Waals surface area contributed by atoms with Crippen LogP contribution in [0.3, 0.4) is 0 Å². The number of benzene rings is 4. The van der Waals surface area contributed by atoms with Gasteiger partial charge in [-0.2, -0.15) is 0 Å². The smallest absolute Gasteiger partial charge is 0.128 e. The number of nitrogens with zero attached hydrogens (tertiary/aromatic N) is 1. The second kappa shape index (κ2) is 13.3. The van der Waals surface area contributed by atoms with Gasteiger partial charge < -0.3 is 9.47 Å². The molecule has 1 aliphatic rings. The van der Waals surface area contributed by atoms with E-state index in [2.05, 4.69) is 97.1 Å². The lowest BCUT2D eigenvalue weighted by molar-refractivity contribution is 0.413. The Balaban J connectivity index is 1.68. The van der Waals surface area contributed by atoms with Gasteiger partial charge in [-0.15, -0.1) is 0 Å². The van der Waals surface area contributed by atoms with Crippen LogP contribution in [-0.2, 0) is 0 Å². The molecule has 4 aromatic rings. The predicted octanol–water partition coefficient (Wildman–Crippen LogP) is 7.36. The highest BCUT2D eigenvalue weighted by atomic mass is 31.1. The van der Waals surface area contributed by atoms with Crippen molar-refractivity contribution < 1.29 is 9.47 Å². The van der Waals surface area contributed by atoms with Crippen LogP contribution in [0, 0.1) is 0 Å². The van der Waals surface area contributed by atoms with E-state index in [0.29, 0.717) is 17.2 Å². The quantitative estimate of drug-likeness (QED) is 0.162. The molecule has 194 valence electrons. The number of ether oxygens (including phenoxy) is 2. The summed E-state index contributed by atoms with van der Waals surface area (Å²) in [4.78, 5) is 5.45. The molecule has 0 amide bonds. The van der Waals surface area contributed by atoms with Gasteiger partial charge in [-0.05, 0) is 48.3 Å². The van der Waals surface area contributed by atoms with Crippen LogP contribution in [0.2, 0.25) is 0 Å². The molecule has 3 unspecified atom stereocenters. The average Bonchev–Trinajstić information content (AvgIpc) is 3.01. The fraction of sp³-hybridized carbons (Fsp3) is 0.0882. The Morgan fingerprint density at radius 2 is 1.15 bits per heavy atom. The zero-order valence-corrected chi connectivity index (χ0v) is 24.0. The van der Waals surface area contributed by atoms with Crippen LogP contribution in [0.5, 0.6) is 11.5 Å². The minimum atomic E-state index is -0.151. The first-order chi connectivity index (χ1) is 19.3. The summed E-state index contributed by atoms with van der Waals surface area (Å²) in [5.74, 6) is 1.70. The van der Waals surface area contributed by atoms with Crippen molar-refractivity contribution in [1.29, 1.82) is 0 Å². The lowest BCUT2D eigenvalue weighted by atomic mass is 9.99. The lowest BCUT2D eigenvalue weighted by Gasteiger charge is -2.22. The van der Waals surface area contributed by atoms with Gasteiger partial charge >= 0.3 is 0 Å². The van der Waals surface area contributed by atoms with Crippen LogP contribution in [-0.4, -0.2) is 25.7 Å². The van der Waals surface area contributed by atoms with E-state index in [1.165, 1.54) is 21.5 Å². The third-order valence-electron chi connectivity index (χ3n) is 6.37. The van der Waals surface area contributed by atoms with E-state index in [1.807, 2.05) is 36.4 Å². The minimum Gasteiger partial charge on any atom is -0.496 e. The number of hydrogen-bond acceptors (Lipinski definition) is 3. The molecule has 0 saturated heterocycles. The van der Waals surface area contributed by atoms with E-state index in [9.17, 15) is 0 Å². The molecule has 0 spiro atoms. The summed E-state index contributed by atoms with van der Waals surface area (Å²) in [5.41, 5.74) is 4.31. The van der Waals surface area contributed by atoms with Gasteiger partial charge in [0.15, 0.2) is 0 Å². The van der Waals surface area contributed by atoms with Crippen LogP contribution in [0.1, 0.15) is 11.1 Å². The number of hydrogen-bond donors (Lipinski definition) is 0. The molecule has 39 heavy (non-hydrogen) atoms. The van der Waals surface area contributed by atoms with E-state index in [1.54, 1.807) is 14.2 Å². The Morgan fingerprint density at radius 1 is 0.615 bits per heavy atom. The molecule has 0 fully saturated rings. The summed E-state index contributed by atoms with van der Waals surface area (Å²) in [7, 11) is 4.29. The molecule has 3 atom stereocenters. The van der Waals surface area contributed by atoms with Gasteiger partial charge in [0.25, 0.3) is 0 Å². The summed E-state index contributed by atoms with van der Waals surface area (Å²) in [5, 5.41) is 3.74. The van der Waals surface area contributed by atoms with Crippen LogP contribution in [0.15, 0.2) is 144 Å². The Kier molecular flexibility index (Phi) is 9.17. The lowest BCUT2D eigenvalue weighted by Crippen LogP contribution is -2.13. The van der Waals surface area contributed by atoms with Crippen molar-refractivity contribution in [2.24, 2.45) is 4.99 Å². The topological polar surface area (TPSA) is 30.8 Å². The predicted molar refractivity (Wildman–Crippen MR) is 170 cm³/mol. The highest BCUT2D eigenvalue weighted by Gasteiger charge is 2.21. The SMILES string of the molecule is COc1ccccc1C(=NC1C=CC=CC1=C(Pc1ccccc1)c1ccccc1OC)Pc1ccccc1. The summed E-state index contributed by atoms with van der Waals surface area (Å²) >= 11 is 0. The van der Waals surface area contributed by atoms with Gasteiger partial charge in [-0.25, -0.2) is 0 Å². The zero-order chi connectivity index (χ0) is 26.9. The summed E-state index contributed by atoms with van der Waals surface area (Å²) in [6.07, 6.45) is 8.59. The molecule has 1 aliphatic carbocycles. The second-order valence-electron chi connectivity index (χ2n) is 8.88. The third-order valence-corrected chi connectivity index (χ3v) is 9.06. The number of rotatable bonds is 9. The van der Waals surface area contributed by atoms with Crippen molar-refractivity contribution in [1.82, 2.24) is 0 Å². The molecule has 5 heteroatoms. The van der Waals surface area contributed by atoms with Crippen LogP contribution in [0.4, 0.5) is 0 Å². The number of aliphatic imine (C=N–C) groups is 1. The van der Waals surface area contributed by atoms with E-state index in [0.717, 1.165) is 28.1 Å². The minimum absolute atomic E-state index is 0.151. The van der Waals surface area contributed by atoms with Crippen molar-refractivity contribution in [3.63, 3.8) is 0 Å².